The quantitative estimate of drug-likeness (QED) is 0.747. The van der Waals surface area contributed by atoms with Crippen LogP contribution >= 0.6 is 0 Å². The lowest BCUT2D eigenvalue weighted by Gasteiger charge is -2.33. The molecule has 1 fully saturated rings. The zero-order valence-electron chi connectivity index (χ0n) is 17.1. The van der Waals surface area contributed by atoms with E-state index in [-0.39, 0.29) is 28.7 Å². The van der Waals surface area contributed by atoms with E-state index in [1.807, 2.05) is 18.7 Å². The standard InChI is InChI=1S/C20H31N3O4S/c1-5-23(6-2)28(26,27)18-9-7-16(8-10-18)19(24)21-17-11-13-22(14-12-17)20(25)15(3)4/h7-10,15,17H,5-6,11-14H2,1-4H3,(H,21,24). The van der Waals surface area contributed by atoms with Gasteiger partial charge < -0.3 is 10.2 Å². The van der Waals surface area contributed by atoms with E-state index in [9.17, 15) is 18.0 Å². The number of carbonyl (C=O) groups is 2. The fourth-order valence-electron chi connectivity index (χ4n) is 3.37. The van der Waals surface area contributed by atoms with Gasteiger partial charge in [-0.2, -0.15) is 4.31 Å². The van der Waals surface area contributed by atoms with Crippen LogP contribution in [0.25, 0.3) is 0 Å². The molecule has 1 aliphatic heterocycles. The van der Waals surface area contributed by atoms with Crippen LogP contribution in [0.1, 0.15) is 50.9 Å². The normalized spacial score (nSPS) is 15.9. The van der Waals surface area contributed by atoms with Gasteiger partial charge in [0.05, 0.1) is 4.90 Å². The van der Waals surface area contributed by atoms with E-state index in [0.29, 0.717) is 31.7 Å². The highest BCUT2D eigenvalue weighted by molar-refractivity contribution is 7.89. The fourth-order valence-corrected chi connectivity index (χ4v) is 4.83. The molecule has 1 aliphatic rings. The number of amides is 2. The Bertz CT molecular complexity index is 778. The third-order valence-corrected chi connectivity index (χ3v) is 7.16. The number of piperidine rings is 1. The maximum atomic E-state index is 12.5. The molecule has 28 heavy (non-hydrogen) atoms. The summed E-state index contributed by atoms with van der Waals surface area (Å²) in [4.78, 5) is 26.6. The van der Waals surface area contributed by atoms with Crippen LogP contribution in [0, 0.1) is 5.92 Å². The third kappa shape index (κ3) is 5.11. The number of carbonyl (C=O) groups excluding carboxylic acids is 2. The minimum atomic E-state index is -3.53. The summed E-state index contributed by atoms with van der Waals surface area (Å²) in [7, 11) is -3.53. The molecule has 0 bridgehead atoms. The summed E-state index contributed by atoms with van der Waals surface area (Å²) in [5.74, 6) is -0.0903. The summed E-state index contributed by atoms with van der Waals surface area (Å²) in [6.45, 7) is 9.45. The van der Waals surface area contributed by atoms with Crippen molar-refractivity contribution in [2.45, 2.75) is 51.5 Å². The van der Waals surface area contributed by atoms with E-state index in [1.54, 1.807) is 26.0 Å². The van der Waals surface area contributed by atoms with Crippen LogP contribution in [0.4, 0.5) is 0 Å². The van der Waals surface area contributed by atoms with Crippen molar-refractivity contribution in [1.29, 1.82) is 0 Å². The van der Waals surface area contributed by atoms with Crippen LogP contribution in [0.3, 0.4) is 0 Å². The fraction of sp³-hybridized carbons (Fsp3) is 0.600. The van der Waals surface area contributed by atoms with Gasteiger partial charge in [0.1, 0.15) is 0 Å². The van der Waals surface area contributed by atoms with E-state index in [2.05, 4.69) is 5.32 Å². The number of benzene rings is 1. The molecule has 0 saturated carbocycles. The molecule has 2 amide bonds. The molecular weight excluding hydrogens is 378 g/mol. The third-order valence-electron chi connectivity index (χ3n) is 5.10. The maximum absolute atomic E-state index is 12.5. The highest BCUT2D eigenvalue weighted by Gasteiger charge is 2.26. The summed E-state index contributed by atoms with van der Waals surface area (Å²) in [5, 5.41) is 2.99. The molecule has 0 atom stereocenters. The van der Waals surface area contributed by atoms with E-state index >= 15 is 0 Å². The lowest BCUT2D eigenvalue weighted by Crippen LogP contribution is -2.47. The molecule has 1 aromatic carbocycles. The van der Waals surface area contributed by atoms with Gasteiger partial charge in [0.25, 0.3) is 5.91 Å². The molecule has 156 valence electrons. The van der Waals surface area contributed by atoms with Crippen LogP contribution in [-0.4, -0.2) is 61.7 Å². The van der Waals surface area contributed by atoms with Gasteiger partial charge in [-0.25, -0.2) is 8.42 Å². The molecule has 0 aromatic heterocycles. The number of nitrogens with zero attached hydrogens (tertiary/aromatic N) is 2. The summed E-state index contributed by atoms with van der Waals surface area (Å²) >= 11 is 0. The van der Waals surface area contributed by atoms with Crippen LogP contribution in [-0.2, 0) is 14.8 Å². The molecule has 8 heteroatoms. The Hall–Kier alpha value is -1.93. The van der Waals surface area contributed by atoms with Crippen LogP contribution < -0.4 is 5.32 Å². The van der Waals surface area contributed by atoms with Crippen molar-refractivity contribution in [2.24, 2.45) is 5.92 Å². The van der Waals surface area contributed by atoms with Crippen molar-refractivity contribution < 1.29 is 18.0 Å². The van der Waals surface area contributed by atoms with Gasteiger partial charge in [-0.1, -0.05) is 27.7 Å². The van der Waals surface area contributed by atoms with Gasteiger partial charge in [-0.15, -0.1) is 0 Å². The zero-order valence-corrected chi connectivity index (χ0v) is 18.0. The van der Waals surface area contributed by atoms with Gasteiger partial charge in [0, 0.05) is 43.7 Å². The lowest BCUT2D eigenvalue weighted by atomic mass is 10.0. The molecular formula is C20H31N3O4S. The minimum Gasteiger partial charge on any atom is -0.349 e. The Morgan fingerprint density at radius 1 is 1.11 bits per heavy atom. The van der Waals surface area contributed by atoms with Gasteiger partial charge in [-0.3, -0.25) is 9.59 Å². The molecule has 1 aromatic rings. The minimum absolute atomic E-state index is 0.0164. The smallest absolute Gasteiger partial charge is 0.251 e. The van der Waals surface area contributed by atoms with Crippen molar-refractivity contribution in [3.63, 3.8) is 0 Å². The Kier molecular flexibility index (Phi) is 7.60. The second-order valence-electron chi connectivity index (χ2n) is 7.34. The van der Waals surface area contributed by atoms with Crippen LogP contribution in [0.2, 0.25) is 0 Å². The predicted octanol–water partition coefficient (Wildman–Crippen LogP) is 2.09. The SMILES string of the molecule is CCN(CC)S(=O)(=O)c1ccc(C(=O)NC2CCN(C(=O)C(C)C)CC2)cc1. The van der Waals surface area contributed by atoms with E-state index in [0.717, 1.165) is 12.8 Å². The van der Waals surface area contributed by atoms with Crippen molar-refractivity contribution in [2.75, 3.05) is 26.2 Å². The van der Waals surface area contributed by atoms with E-state index in [1.165, 1.54) is 16.4 Å². The number of hydrogen-bond acceptors (Lipinski definition) is 4. The molecule has 0 aliphatic carbocycles. The van der Waals surface area contributed by atoms with Crippen molar-refractivity contribution in [3.05, 3.63) is 29.8 Å². The molecule has 0 unspecified atom stereocenters. The van der Waals surface area contributed by atoms with E-state index < -0.39 is 10.0 Å². The van der Waals surface area contributed by atoms with Crippen LogP contribution in [0.15, 0.2) is 29.2 Å². The number of rotatable bonds is 7. The van der Waals surface area contributed by atoms with Gasteiger partial charge in [-0.05, 0) is 37.1 Å². The molecule has 1 saturated heterocycles. The molecule has 2 rings (SSSR count). The average Bonchev–Trinajstić information content (AvgIpc) is 2.68. The summed E-state index contributed by atoms with van der Waals surface area (Å²) < 4.78 is 26.4. The predicted molar refractivity (Wildman–Crippen MR) is 108 cm³/mol. The summed E-state index contributed by atoms with van der Waals surface area (Å²) in [6.07, 6.45) is 1.44. The Balaban J connectivity index is 1.96. The van der Waals surface area contributed by atoms with Crippen molar-refractivity contribution in [3.8, 4) is 0 Å². The largest absolute Gasteiger partial charge is 0.349 e. The summed E-state index contributed by atoms with van der Waals surface area (Å²) in [6, 6.07) is 6.06. The van der Waals surface area contributed by atoms with Gasteiger partial charge in [0.15, 0.2) is 0 Å². The van der Waals surface area contributed by atoms with Gasteiger partial charge in [0.2, 0.25) is 15.9 Å². The molecule has 0 radical (unpaired) electrons. The first-order valence-corrected chi connectivity index (χ1v) is 11.3. The highest BCUT2D eigenvalue weighted by atomic mass is 32.2. The average molecular weight is 410 g/mol. The van der Waals surface area contributed by atoms with Gasteiger partial charge >= 0.3 is 0 Å². The zero-order chi connectivity index (χ0) is 20.9. The number of nitrogens with one attached hydrogen (secondary N) is 1. The molecule has 0 spiro atoms. The Morgan fingerprint density at radius 3 is 2.11 bits per heavy atom. The van der Waals surface area contributed by atoms with Crippen LogP contribution in [0.5, 0.6) is 0 Å². The lowest BCUT2D eigenvalue weighted by molar-refractivity contribution is -0.135. The summed E-state index contributed by atoms with van der Waals surface area (Å²) in [5.41, 5.74) is 0.430. The molecule has 1 heterocycles. The topological polar surface area (TPSA) is 86.8 Å². The second kappa shape index (κ2) is 9.52. The Labute approximate surface area is 168 Å². The van der Waals surface area contributed by atoms with Crippen molar-refractivity contribution in [1.82, 2.24) is 14.5 Å². The monoisotopic (exact) mass is 409 g/mol. The highest BCUT2D eigenvalue weighted by Crippen LogP contribution is 2.17. The molecule has 7 nitrogen and oxygen atoms in total. The first kappa shape index (κ1) is 22.4. The molecule has 1 N–H and O–H groups in total. The van der Waals surface area contributed by atoms with E-state index in [4.69, 9.17) is 0 Å². The first-order chi connectivity index (χ1) is 13.2. The second-order valence-corrected chi connectivity index (χ2v) is 9.28. The number of sulfonamides is 1. The van der Waals surface area contributed by atoms with Crippen molar-refractivity contribution >= 4 is 21.8 Å². The first-order valence-electron chi connectivity index (χ1n) is 9.90. The maximum Gasteiger partial charge on any atom is 0.251 e. The number of hydrogen-bond donors (Lipinski definition) is 1. The number of likely N-dealkylation sites (tertiary alicyclic amines) is 1. The Morgan fingerprint density at radius 2 is 1.64 bits per heavy atom.